The molecule has 1 aliphatic carbocycles. The maximum Gasteiger partial charge on any atom is 0.211 e. The number of anilines is 1. The van der Waals surface area contributed by atoms with Crippen molar-refractivity contribution in [1.29, 1.82) is 0 Å². The van der Waals surface area contributed by atoms with Crippen molar-refractivity contribution in [2.75, 3.05) is 51.3 Å². The van der Waals surface area contributed by atoms with E-state index in [1.165, 1.54) is 19.2 Å². The number of fused-ring (bicyclic) bond motifs is 1. The van der Waals surface area contributed by atoms with Crippen LogP contribution in [0.1, 0.15) is 27.1 Å². The molecule has 1 fully saturated rings. The Hall–Kier alpha value is -3.27. The first-order valence-corrected chi connectivity index (χ1v) is 10.9. The summed E-state index contributed by atoms with van der Waals surface area (Å²) in [6.45, 7) is 5.08. The van der Waals surface area contributed by atoms with E-state index in [-0.39, 0.29) is 28.8 Å². The highest BCUT2D eigenvalue weighted by atomic mass is 19.1. The lowest BCUT2D eigenvalue weighted by atomic mass is 9.90. The number of halogens is 1. The predicted molar refractivity (Wildman–Crippen MR) is 124 cm³/mol. The molecule has 1 heterocycles. The van der Waals surface area contributed by atoms with Crippen LogP contribution in [0.4, 0.5) is 10.1 Å². The predicted octanol–water partition coefficient (Wildman–Crippen LogP) is 0.967. The van der Waals surface area contributed by atoms with E-state index < -0.39 is 0 Å². The first-order valence-electron chi connectivity index (χ1n) is 10.9. The quantitative estimate of drug-likeness (QED) is 0.438. The monoisotopic (exact) mass is 456 g/mol. The Balaban J connectivity index is 0.000000968. The number of nitrogens with one attached hydrogen (secondary N) is 1. The van der Waals surface area contributed by atoms with Crippen molar-refractivity contribution in [2.45, 2.75) is 6.42 Å². The summed E-state index contributed by atoms with van der Waals surface area (Å²) in [7, 11) is 1.51. The molecule has 2 aromatic rings. The summed E-state index contributed by atoms with van der Waals surface area (Å²) in [4.78, 5) is 33.7. The van der Waals surface area contributed by atoms with Gasteiger partial charge in [0, 0.05) is 49.5 Å². The summed E-state index contributed by atoms with van der Waals surface area (Å²) < 4.78 is 13.1. The number of rotatable bonds is 6. The largest absolute Gasteiger partial charge is 0.394 e. The first-order chi connectivity index (χ1) is 16.0. The number of quaternary nitrogens is 1. The molecule has 2 aromatic carbocycles. The number of benzene rings is 2. The van der Waals surface area contributed by atoms with Gasteiger partial charge in [0.25, 0.3) is 0 Å². The van der Waals surface area contributed by atoms with E-state index >= 15 is 0 Å². The van der Waals surface area contributed by atoms with Gasteiger partial charge < -0.3 is 16.0 Å². The number of nitrogens with two attached hydrogens (primary N) is 1. The number of nitrogens with zero attached hydrogens (tertiary/aromatic N) is 2. The van der Waals surface area contributed by atoms with Crippen molar-refractivity contribution >= 4 is 17.3 Å². The number of allylic oxidation sites excluding steroid dienone is 2. The number of carbonyl (C=O) groups is 2. The van der Waals surface area contributed by atoms with Crippen molar-refractivity contribution in [3.05, 3.63) is 76.9 Å². The Morgan fingerprint density at radius 1 is 1.00 bits per heavy atom. The van der Waals surface area contributed by atoms with Crippen LogP contribution in [0, 0.1) is 5.82 Å². The van der Waals surface area contributed by atoms with Crippen molar-refractivity contribution < 1.29 is 24.7 Å². The van der Waals surface area contributed by atoms with Crippen LogP contribution in [0.2, 0.25) is 0 Å². The van der Waals surface area contributed by atoms with Gasteiger partial charge in [0.2, 0.25) is 11.6 Å². The summed E-state index contributed by atoms with van der Waals surface area (Å²) >= 11 is 0. The Kier molecular flexibility index (Phi) is 8.53. The molecule has 0 saturated carbocycles. The number of piperazine rings is 1. The third-order valence-corrected chi connectivity index (χ3v) is 5.67. The van der Waals surface area contributed by atoms with E-state index in [4.69, 9.17) is 5.73 Å². The van der Waals surface area contributed by atoms with Gasteiger partial charge in [-0.25, -0.2) is 15.1 Å². The zero-order valence-electron chi connectivity index (χ0n) is 18.9. The molecule has 0 radical (unpaired) electrons. The van der Waals surface area contributed by atoms with Gasteiger partial charge in [-0.05, 0) is 37.2 Å². The molecule has 0 aromatic heterocycles. The molecule has 2 aliphatic rings. The Morgan fingerprint density at radius 3 is 2.18 bits per heavy atom. The highest BCUT2D eigenvalue weighted by molar-refractivity contribution is 6.26. The van der Waals surface area contributed by atoms with Crippen molar-refractivity contribution in [2.24, 2.45) is 5.73 Å². The standard InChI is InChI=1S/C23H25FN4O2.CH6NO/c24-16-6-8-17(9-7-16)28-14-12-27(13-15-28)11-3-10-26-21-20(25)22(29)18-4-1-2-5-19(18)23(21)30;1-3-2/h1-2,4-9,26H,3,10-15,25H2;1-2H3/q;+1. The highest BCUT2D eigenvalue weighted by Crippen LogP contribution is 2.22. The third-order valence-electron chi connectivity index (χ3n) is 5.67. The minimum atomic E-state index is -0.301. The minimum Gasteiger partial charge on any atom is -0.394 e. The van der Waals surface area contributed by atoms with Crippen molar-refractivity contribution in [1.82, 2.24) is 10.2 Å². The van der Waals surface area contributed by atoms with Gasteiger partial charge in [-0.2, -0.15) is 0 Å². The molecule has 0 bridgehead atoms. The summed E-state index contributed by atoms with van der Waals surface area (Å²) in [6, 6.07) is 13.4. The van der Waals surface area contributed by atoms with Crippen LogP contribution in [0.5, 0.6) is 0 Å². The topological polar surface area (TPSA) is 116 Å². The van der Waals surface area contributed by atoms with Crippen molar-refractivity contribution in [3.63, 3.8) is 0 Å². The number of hydrogen-bond donors (Lipinski definition) is 3. The average Bonchev–Trinajstić information content (AvgIpc) is 2.83. The number of hydrogen-bond acceptors (Lipinski definition) is 7. The van der Waals surface area contributed by atoms with Crippen LogP contribution >= 0.6 is 0 Å². The van der Waals surface area contributed by atoms with Crippen LogP contribution < -0.4 is 21.8 Å². The lowest BCUT2D eigenvalue weighted by molar-refractivity contribution is -0.679. The third kappa shape index (κ3) is 5.95. The number of ketones is 2. The molecule has 0 amide bonds. The lowest BCUT2D eigenvalue weighted by Gasteiger charge is -2.36. The SMILES string of the molecule is CO[NH3+].NC1=C(NCCCN2CCN(c3ccc(F)cc3)CC2)C(=O)c2ccccc2C1=O. The fourth-order valence-electron chi connectivity index (χ4n) is 3.97. The van der Waals surface area contributed by atoms with E-state index in [0.717, 1.165) is 44.8 Å². The first kappa shape index (κ1) is 24.4. The fraction of sp³-hybridized carbons (Fsp3) is 0.333. The molecular formula is C24H31FN5O3+. The average molecular weight is 457 g/mol. The molecule has 1 aliphatic heterocycles. The normalized spacial score (nSPS) is 16.3. The highest BCUT2D eigenvalue weighted by Gasteiger charge is 2.30. The molecule has 33 heavy (non-hydrogen) atoms. The molecule has 0 unspecified atom stereocenters. The van der Waals surface area contributed by atoms with E-state index in [2.05, 4.69) is 25.9 Å². The minimum absolute atomic E-state index is 0.00777. The lowest BCUT2D eigenvalue weighted by Crippen LogP contribution is -2.47. The second-order valence-electron chi connectivity index (χ2n) is 7.87. The summed E-state index contributed by atoms with van der Waals surface area (Å²) in [5.41, 5.74) is 7.95. The van der Waals surface area contributed by atoms with Crippen molar-refractivity contribution in [3.8, 4) is 0 Å². The number of Topliss-reactive ketones (excluding diaryl/α,β-unsaturated/α-hetero) is 2. The van der Waals surface area contributed by atoms with Gasteiger partial charge in [0.1, 0.15) is 17.2 Å². The second-order valence-corrected chi connectivity index (χ2v) is 7.87. The molecule has 176 valence electrons. The molecule has 6 N–H and O–H groups in total. The molecule has 1 saturated heterocycles. The van der Waals surface area contributed by atoms with E-state index in [1.807, 2.05) is 12.1 Å². The van der Waals surface area contributed by atoms with E-state index in [1.54, 1.807) is 24.3 Å². The molecule has 0 spiro atoms. The van der Waals surface area contributed by atoms with Crippen LogP contribution in [0.15, 0.2) is 59.9 Å². The number of carbonyl (C=O) groups excluding carboxylic acids is 2. The second kappa shape index (κ2) is 11.6. The van der Waals surface area contributed by atoms with Crippen LogP contribution in [0.25, 0.3) is 0 Å². The summed E-state index contributed by atoms with van der Waals surface area (Å²) in [5, 5.41) is 3.08. The molecule has 4 rings (SSSR count). The van der Waals surface area contributed by atoms with Gasteiger partial charge in [-0.15, -0.1) is 0 Å². The van der Waals surface area contributed by atoms with Gasteiger partial charge in [-0.3, -0.25) is 14.5 Å². The zero-order chi connectivity index (χ0) is 23.8. The molecule has 0 atom stereocenters. The Morgan fingerprint density at radius 2 is 1.58 bits per heavy atom. The van der Waals surface area contributed by atoms with Crippen LogP contribution in [-0.4, -0.2) is 62.8 Å². The maximum absolute atomic E-state index is 13.1. The van der Waals surface area contributed by atoms with E-state index in [9.17, 15) is 14.0 Å². The Bertz CT molecular complexity index is 1000. The molecule has 9 heteroatoms. The van der Waals surface area contributed by atoms with Crippen LogP contribution in [0.3, 0.4) is 0 Å². The summed E-state index contributed by atoms with van der Waals surface area (Å²) in [5.74, 6) is 2.24. The molecule has 8 nitrogen and oxygen atoms in total. The van der Waals surface area contributed by atoms with E-state index in [0.29, 0.717) is 17.7 Å². The van der Waals surface area contributed by atoms with Crippen LogP contribution in [-0.2, 0) is 4.84 Å². The molecular weight excluding hydrogens is 425 g/mol. The smallest absolute Gasteiger partial charge is 0.211 e. The maximum atomic E-state index is 13.1. The van der Waals surface area contributed by atoms with Gasteiger partial charge in [0.15, 0.2) is 0 Å². The fourth-order valence-corrected chi connectivity index (χ4v) is 3.97. The zero-order valence-corrected chi connectivity index (χ0v) is 18.9. The Labute approximate surface area is 192 Å². The van der Waals surface area contributed by atoms with Gasteiger partial charge in [-0.1, -0.05) is 24.3 Å². The summed E-state index contributed by atoms with van der Waals surface area (Å²) in [6.07, 6.45) is 0.830. The van der Waals surface area contributed by atoms with Gasteiger partial charge in [0.05, 0.1) is 7.11 Å². The van der Waals surface area contributed by atoms with Gasteiger partial charge >= 0.3 is 0 Å².